The minimum absolute atomic E-state index is 0.193. The number of carbonyl (C=O) groups is 2. The molecule has 7 heteroatoms. The zero-order valence-electron chi connectivity index (χ0n) is 14.5. The topological polar surface area (TPSA) is 58.6 Å². The molecular weight excluding hydrogens is 355 g/mol. The molecule has 1 aliphatic rings. The van der Waals surface area contributed by atoms with Gasteiger partial charge >= 0.3 is 12.0 Å². The van der Waals surface area contributed by atoms with Crippen LogP contribution in [0.25, 0.3) is 0 Å². The van der Waals surface area contributed by atoms with Crippen molar-refractivity contribution in [2.24, 2.45) is 0 Å². The molecule has 0 saturated carbocycles. The predicted molar refractivity (Wildman–Crippen MR) is 96.9 cm³/mol. The molecule has 2 aromatic rings. The fourth-order valence-corrected chi connectivity index (χ4v) is 3.64. The molecule has 1 N–H and O–H groups in total. The molecule has 2 heterocycles. The van der Waals surface area contributed by atoms with E-state index in [1.54, 1.807) is 32.0 Å². The number of halogens is 1. The highest BCUT2D eigenvalue weighted by Gasteiger charge is 2.37. The molecule has 2 amide bonds. The molecule has 26 heavy (non-hydrogen) atoms. The second-order valence-corrected chi connectivity index (χ2v) is 6.82. The van der Waals surface area contributed by atoms with Gasteiger partial charge in [-0.05, 0) is 31.4 Å². The summed E-state index contributed by atoms with van der Waals surface area (Å²) in [5.74, 6) is -1.05. The Hall–Kier alpha value is -2.67. The lowest BCUT2D eigenvalue weighted by Gasteiger charge is -2.35. The number of allylic oxidation sites excluding steroid dienone is 1. The Morgan fingerprint density at radius 2 is 2.08 bits per heavy atom. The summed E-state index contributed by atoms with van der Waals surface area (Å²) >= 11 is 1.52. The molecule has 1 aromatic carbocycles. The first-order valence-corrected chi connectivity index (χ1v) is 9.13. The molecule has 0 radical (unpaired) electrons. The molecule has 1 aromatic heterocycles. The quantitative estimate of drug-likeness (QED) is 0.805. The monoisotopic (exact) mass is 374 g/mol. The lowest BCUT2D eigenvalue weighted by molar-refractivity contribution is -0.139. The molecule has 1 atom stereocenters. The third kappa shape index (κ3) is 3.48. The molecule has 3 rings (SSSR count). The third-order valence-corrected chi connectivity index (χ3v) is 5.06. The second-order valence-electron chi connectivity index (χ2n) is 5.79. The molecule has 0 spiro atoms. The van der Waals surface area contributed by atoms with Crippen molar-refractivity contribution < 1.29 is 18.7 Å². The maximum atomic E-state index is 14.3. The normalized spacial score (nSPS) is 17.3. The smallest absolute Gasteiger partial charge is 0.338 e. The van der Waals surface area contributed by atoms with Crippen LogP contribution in [0.15, 0.2) is 53.0 Å². The fourth-order valence-electron chi connectivity index (χ4n) is 2.95. The largest absolute Gasteiger partial charge is 0.463 e. The first-order valence-electron chi connectivity index (χ1n) is 8.25. The number of carbonyl (C=O) groups excluding carboxylic acids is 2. The lowest BCUT2D eigenvalue weighted by Crippen LogP contribution is -2.47. The van der Waals surface area contributed by atoms with Crippen molar-refractivity contribution in [2.75, 3.05) is 6.61 Å². The Kier molecular flexibility index (Phi) is 5.37. The molecule has 136 valence electrons. The van der Waals surface area contributed by atoms with Gasteiger partial charge in [0.2, 0.25) is 0 Å². The van der Waals surface area contributed by atoms with Gasteiger partial charge in [0.15, 0.2) is 0 Å². The van der Waals surface area contributed by atoms with Crippen LogP contribution in [0.5, 0.6) is 0 Å². The van der Waals surface area contributed by atoms with Gasteiger partial charge in [-0.2, -0.15) is 0 Å². The SMILES string of the molecule is CCOC(=O)C1=C(C)N(Cc2cccs2)C(=O)NC1c1ccccc1F. The van der Waals surface area contributed by atoms with Crippen molar-refractivity contribution in [3.63, 3.8) is 0 Å². The van der Waals surface area contributed by atoms with E-state index in [2.05, 4.69) is 5.32 Å². The summed E-state index contributed by atoms with van der Waals surface area (Å²) < 4.78 is 19.5. The molecule has 1 aliphatic heterocycles. The number of ether oxygens (including phenoxy) is 1. The van der Waals surface area contributed by atoms with Crippen LogP contribution in [-0.2, 0) is 16.1 Å². The minimum Gasteiger partial charge on any atom is -0.463 e. The first kappa shape index (κ1) is 18.1. The van der Waals surface area contributed by atoms with Crippen LogP contribution in [0.3, 0.4) is 0 Å². The lowest BCUT2D eigenvalue weighted by atomic mass is 9.94. The summed E-state index contributed by atoms with van der Waals surface area (Å²) in [6.07, 6.45) is 0. The average molecular weight is 374 g/mol. The van der Waals surface area contributed by atoms with E-state index in [4.69, 9.17) is 4.74 Å². The molecule has 0 aliphatic carbocycles. The van der Waals surface area contributed by atoms with E-state index >= 15 is 0 Å². The van der Waals surface area contributed by atoms with Gasteiger partial charge < -0.3 is 10.1 Å². The Morgan fingerprint density at radius 3 is 2.73 bits per heavy atom. The van der Waals surface area contributed by atoms with Gasteiger partial charge in [-0.25, -0.2) is 14.0 Å². The first-order chi connectivity index (χ1) is 12.5. The van der Waals surface area contributed by atoms with Crippen LogP contribution in [0.1, 0.15) is 30.3 Å². The highest BCUT2D eigenvalue weighted by molar-refractivity contribution is 7.09. The zero-order valence-corrected chi connectivity index (χ0v) is 15.3. The van der Waals surface area contributed by atoms with Gasteiger partial charge in [0.1, 0.15) is 5.82 Å². The highest BCUT2D eigenvalue weighted by Crippen LogP contribution is 2.33. The number of esters is 1. The van der Waals surface area contributed by atoms with E-state index in [1.807, 2.05) is 17.5 Å². The van der Waals surface area contributed by atoms with Gasteiger partial charge in [0, 0.05) is 16.1 Å². The van der Waals surface area contributed by atoms with E-state index < -0.39 is 17.8 Å². The number of urea groups is 1. The average Bonchev–Trinajstić information content (AvgIpc) is 3.12. The number of benzene rings is 1. The number of amides is 2. The minimum atomic E-state index is -0.887. The number of hydrogen-bond acceptors (Lipinski definition) is 4. The maximum absolute atomic E-state index is 14.3. The number of thiophene rings is 1. The van der Waals surface area contributed by atoms with E-state index in [1.165, 1.54) is 22.3 Å². The Labute approximate surface area is 155 Å². The van der Waals surface area contributed by atoms with Gasteiger partial charge in [-0.15, -0.1) is 11.3 Å². The van der Waals surface area contributed by atoms with Crippen LogP contribution in [-0.4, -0.2) is 23.5 Å². The third-order valence-electron chi connectivity index (χ3n) is 4.20. The Morgan fingerprint density at radius 1 is 1.31 bits per heavy atom. The van der Waals surface area contributed by atoms with Crippen molar-refractivity contribution >= 4 is 23.3 Å². The van der Waals surface area contributed by atoms with E-state index in [9.17, 15) is 14.0 Å². The van der Waals surface area contributed by atoms with Crippen LogP contribution in [0.4, 0.5) is 9.18 Å². The predicted octanol–water partition coefficient (Wildman–Crippen LogP) is 3.99. The van der Waals surface area contributed by atoms with Crippen molar-refractivity contribution in [2.45, 2.75) is 26.4 Å². The Balaban J connectivity index is 2.05. The molecular formula is C19H19FN2O3S. The zero-order chi connectivity index (χ0) is 18.7. The van der Waals surface area contributed by atoms with E-state index in [0.717, 1.165) is 4.88 Å². The molecule has 0 fully saturated rings. The molecule has 0 bridgehead atoms. The fraction of sp³-hybridized carbons (Fsp3) is 0.263. The van der Waals surface area contributed by atoms with Crippen molar-refractivity contribution in [1.82, 2.24) is 10.2 Å². The number of rotatable bonds is 5. The van der Waals surface area contributed by atoms with Crippen molar-refractivity contribution in [3.05, 3.63) is 69.3 Å². The Bertz CT molecular complexity index is 848. The van der Waals surface area contributed by atoms with Gasteiger partial charge in [-0.3, -0.25) is 4.90 Å². The molecule has 5 nitrogen and oxygen atoms in total. The van der Waals surface area contributed by atoms with Crippen LogP contribution >= 0.6 is 11.3 Å². The van der Waals surface area contributed by atoms with Crippen LogP contribution in [0.2, 0.25) is 0 Å². The molecule has 1 unspecified atom stereocenters. The second kappa shape index (κ2) is 7.70. The van der Waals surface area contributed by atoms with E-state index in [-0.39, 0.29) is 23.8 Å². The van der Waals surface area contributed by atoms with Crippen LogP contribution in [0, 0.1) is 5.82 Å². The number of nitrogens with zero attached hydrogens (tertiary/aromatic N) is 1. The standard InChI is InChI=1S/C19H19FN2O3S/c1-3-25-18(23)16-12(2)22(11-13-7-6-10-26-13)19(24)21-17(16)14-8-4-5-9-15(14)20/h4-10,17H,3,11H2,1-2H3,(H,21,24). The van der Waals surface area contributed by atoms with E-state index in [0.29, 0.717) is 12.2 Å². The summed E-state index contributed by atoms with van der Waals surface area (Å²) in [5.41, 5.74) is 0.945. The summed E-state index contributed by atoms with van der Waals surface area (Å²) in [7, 11) is 0. The van der Waals surface area contributed by atoms with Gasteiger partial charge in [0.25, 0.3) is 0 Å². The van der Waals surface area contributed by atoms with Gasteiger partial charge in [0.05, 0.1) is 24.8 Å². The van der Waals surface area contributed by atoms with Crippen molar-refractivity contribution in [3.8, 4) is 0 Å². The van der Waals surface area contributed by atoms with Crippen LogP contribution < -0.4 is 5.32 Å². The van der Waals surface area contributed by atoms with Crippen molar-refractivity contribution in [1.29, 1.82) is 0 Å². The summed E-state index contributed by atoms with van der Waals surface area (Å²) in [5, 5.41) is 4.67. The highest BCUT2D eigenvalue weighted by atomic mass is 32.1. The summed E-state index contributed by atoms with van der Waals surface area (Å²) in [4.78, 5) is 27.7. The maximum Gasteiger partial charge on any atom is 0.338 e. The number of hydrogen-bond donors (Lipinski definition) is 1. The summed E-state index contributed by atoms with van der Waals surface area (Å²) in [6, 6.07) is 8.64. The summed E-state index contributed by atoms with van der Waals surface area (Å²) in [6.45, 7) is 3.92. The molecule has 0 saturated heterocycles. The number of nitrogens with one attached hydrogen (secondary N) is 1. The van der Waals surface area contributed by atoms with Gasteiger partial charge in [-0.1, -0.05) is 24.3 Å².